The maximum absolute atomic E-state index is 12.3. The molecule has 2 aromatic heterocycles. The van der Waals surface area contributed by atoms with Gasteiger partial charge in [0.15, 0.2) is 0 Å². The van der Waals surface area contributed by atoms with Gasteiger partial charge in [0.1, 0.15) is 9.97 Å². The molecular weight excluding hydrogens is 296 g/mol. The van der Waals surface area contributed by atoms with Gasteiger partial charge >= 0.3 is 0 Å². The Morgan fingerprint density at radius 2 is 2.20 bits per heavy atom. The lowest BCUT2D eigenvalue weighted by molar-refractivity contribution is 0.459. The van der Waals surface area contributed by atoms with Crippen LogP contribution in [-0.2, 0) is 16.6 Å². The summed E-state index contributed by atoms with van der Waals surface area (Å²) < 4.78 is 32.9. The monoisotopic (exact) mass is 314 g/mol. The van der Waals surface area contributed by atoms with Crippen LogP contribution in [0.25, 0.3) is 0 Å². The van der Waals surface area contributed by atoms with Crippen molar-refractivity contribution < 1.29 is 12.8 Å². The van der Waals surface area contributed by atoms with Crippen molar-refractivity contribution in [2.24, 2.45) is 0 Å². The maximum atomic E-state index is 12.3. The molecule has 0 bridgehead atoms. The van der Waals surface area contributed by atoms with Crippen LogP contribution in [0.2, 0.25) is 0 Å². The van der Waals surface area contributed by atoms with Crippen LogP contribution in [0.3, 0.4) is 0 Å². The SMILES string of the molecule is CNCc1sc(S(=O)(=O)NC(C)c2ccco2)cc1C. The highest BCUT2D eigenvalue weighted by molar-refractivity contribution is 7.91. The van der Waals surface area contributed by atoms with Gasteiger partial charge in [0.2, 0.25) is 0 Å². The zero-order valence-corrected chi connectivity index (χ0v) is 13.3. The molecule has 2 aromatic rings. The van der Waals surface area contributed by atoms with Crippen LogP contribution in [0.4, 0.5) is 0 Å². The van der Waals surface area contributed by atoms with E-state index < -0.39 is 16.1 Å². The van der Waals surface area contributed by atoms with E-state index in [0.29, 0.717) is 16.5 Å². The molecule has 0 aromatic carbocycles. The van der Waals surface area contributed by atoms with E-state index in [4.69, 9.17) is 4.42 Å². The van der Waals surface area contributed by atoms with Crippen LogP contribution in [0.5, 0.6) is 0 Å². The Labute approximate surface area is 123 Å². The van der Waals surface area contributed by atoms with Gasteiger partial charge in [-0.3, -0.25) is 0 Å². The van der Waals surface area contributed by atoms with Gasteiger partial charge in [-0.25, -0.2) is 13.1 Å². The largest absolute Gasteiger partial charge is 0.468 e. The highest BCUT2D eigenvalue weighted by Gasteiger charge is 2.22. The van der Waals surface area contributed by atoms with Crippen LogP contribution in [0, 0.1) is 6.92 Å². The molecule has 0 aliphatic carbocycles. The number of furan rings is 1. The molecule has 1 unspecified atom stereocenters. The summed E-state index contributed by atoms with van der Waals surface area (Å²) >= 11 is 1.29. The molecule has 0 fully saturated rings. The molecule has 20 heavy (non-hydrogen) atoms. The Balaban J connectivity index is 2.20. The van der Waals surface area contributed by atoms with Crippen LogP contribution < -0.4 is 10.0 Å². The summed E-state index contributed by atoms with van der Waals surface area (Å²) in [6.45, 7) is 4.34. The van der Waals surface area contributed by atoms with Gasteiger partial charge in [0.25, 0.3) is 10.0 Å². The first-order chi connectivity index (χ1) is 9.44. The van der Waals surface area contributed by atoms with Crippen molar-refractivity contribution in [3.63, 3.8) is 0 Å². The van der Waals surface area contributed by atoms with E-state index in [2.05, 4.69) is 10.0 Å². The molecule has 0 amide bonds. The Hall–Kier alpha value is -1.15. The average Bonchev–Trinajstić information content (AvgIpc) is 3.00. The summed E-state index contributed by atoms with van der Waals surface area (Å²) in [5.41, 5.74) is 0.982. The zero-order chi connectivity index (χ0) is 14.8. The van der Waals surface area contributed by atoms with Gasteiger partial charge < -0.3 is 9.73 Å². The number of hydrogen-bond donors (Lipinski definition) is 2. The third-order valence-corrected chi connectivity index (χ3v) is 6.15. The fourth-order valence-electron chi connectivity index (χ4n) is 1.84. The van der Waals surface area contributed by atoms with Gasteiger partial charge in [0, 0.05) is 11.4 Å². The number of thiophene rings is 1. The zero-order valence-electron chi connectivity index (χ0n) is 11.6. The lowest BCUT2D eigenvalue weighted by Crippen LogP contribution is -2.25. The van der Waals surface area contributed by atoms with Gasteiger partial charge in [-0.15, -0.1) is 11.3 Å². The van der Waals surface area contributed by atoms with Gasteiger partial charge in [-0.1, -0.05) is 0 Å². The Bertz CT molecular complexity index is 660. The second-order valence-electron chi connectivity index (χ2n) is 4.56. The molecule has 110 valence electrons. The van der Waals surface area contributed by atoms with Crippen molar-refractivity contribution in [1.29, 1.82) is 0 Å². The smallest absolute Gasteiger partial charge is 0.250 e. The number of aryl methyl sites for hydroxylation is 1. The van der Waals surface area contributed by atoms with Crippen molar-refractivity contribution in [2.45, 2.75) is 30.6 Å². The van der Waals surface area contributed by atoms with E-state index in [1.54, 1.807) is 25.1 Å². The fraction of sp³-hybridized carbons (Fsp3) is 0.385. The highest BCUT2D eigenvalue weighted by Crippen LogP contribution is 2.27. The summed E-state index contributed by atoms with van der Waals surface area (Å²) in [6, 6.07) is 4.79. The van der Waals surface area contributed by atoms with E-state index >= 15 is 0 Å². The van der Waals surface area contributed by atoms with Crippen LogP contribution in [-0.4, -0.2) is 15.5 Å². The van der Waals surface area contributed by atoms with Crippen LogP contribution in [0.15, 0.2) is 33.1 Å². The van der Waals surface area contributed by atoms with Crippen molar-refractivity contribution >= 4 is 21.4 Å². The first kappa shape index (κ1) is 15.2. The van der Waals surface area contributed by atoms with E-state index in [-0.39, 0.29) is 0 Å². The fourth-order valence-corrected chi connectivity index (χ4v) is 4.67. The Morgan fingerprint density at radius 1 is 1.45 bits per heavy atom. The summed E-state index contributed by atoms with van der Waals surface area (Å²) in [4.78, 5) is 1.03. The predicted molar refractivity (Wildman–Crippen MR) is 79.3 cm³/mol. The second-order valence-corrected chi connectivity index (χ2v) is 7.64. The third kappa shape index (κ3) is 3.29. The third-order valence-electron chi connectivity index (χ3n) is 2.90. The van der Waals surface area contributed by atoms with Gasteiger partial charge in [-0.2, -0.15) is 0 Å². The molecule has 7 heteroatoms. The summed E-state index contributed by atoms with van der Waals surface area (Å²) in [7, 11) is -1.69. The summed E-state index contributed by atoms with van der Waals surface area (Å²) in [5.74, 6) is 0.595. The van der Waals surface area contributed by atoms with Crippen LogP contribution >= 0.6 is 11.3 Å². The summed E-state index contributed by atoms with van der Waals surface area (Å²) in [5, 5.41) is 3.03. The minimum absolute atomic E-state index is 0.332. The Morgan fingerprint density at radius 3 is 2.80 bits per heavy atom. The highest BCUT2D eigenvalue weighted by atomic mass is 32.2. The average molecular weight is 314 g/mol. The lowest BCUT2D eigenvalue weighted by atomic mass is 10.3. The number of hydrogen-bond acceptors (Lipinski definition) is 5. The van der Waals surface area contributed by atoms with Gasteiger partial charge in [0.05, 0.1) is 12.3 Å². The molecule has 0 aliphatic heterocycles. The Kier molecular flexibility index (Phi) is 4.64. The van der Waals surface area contributed by atoms with E-state index in [1.165, 1.54) is 17.6 Å². The van der Waals surface area contributed by atoms with Crippen LogP contribution in [0.1, 0.15) is 29.2 Å². The van der Waals surface area contributed by atoms with E-state index in [0.717, 1.165) is 10.4 Å². The first-order valence-electron chi connectivity index (χ1n) is 6.23. The van der Waals surface area contributed by atoms with Gasteiger partial charge in [-0.05, 0) is 44.7 Å². The van der Waals surface area contributed by atoms with Crippen molar-refractivity contribution in [1.82, 2.24) is 10.0 Å². The molecular formula is C13H18N2O3S2. The molecule has 2 rings (SSSR count). The molecule has 5 nitrogen and oxygen atoms in total. The van der Waals surface area contributed by atoms with Crippen molar-refractivity contribution in [3.05, 3.63) is 40.7 Å². The molecule has 2 N–H and O–H groups in total. The predicted octanol–water partition coefficient (Wildman–Crippen LogP) is 2.41. The minimum Gasteiger partial charge on any atom is -0.468 e. The van der Waals surface area contributed by atoms with Crippen molar-refractivity contribution in [2.75, 3.05) is 7.05 Å². The number of sulfonamides is 1. The first-order valence-corrected chi connectivity index (χ1v) is 8.53. The lowest BCUT2D eigenvalue weighted by Gasteiger charge is -2.10. The van der Waals surface area contributed by atoms with Crippen molar-refractivity contribution in [3.8, 4) is 0 Å². The van der Waals surface area contributed by atoms with E-state index in [1.807, 2.05) is 14.0 Å². The molecule has 0 spiro atoms. The summed E-state index contributed by atoms with van der Waals surface area (Å²) in [6.07, 6.45) is 1.53. The molecule has 0 saturated carbocycles. The number of nitrogens with one attached hydrogen (secondary N) is 2. The molecule has 0 aliphatic rings. The molecule has 0 saturated heterocycles. The quantitative estimate of drug-likeness (QED) is 0.859. The molecule has 0 radical (unpaired) electrons. The topological polar surface area (TPSA) is 71.3 Å². The maximum Gasteiger partial charge on any atom is 0.250 e. The normalized spacial score (nSPS) is 13.6. The van der Waals surface area contributed by atoms with E-state index in [9.17, 15) is 8.42 Å². The minimum atomic E-state index is -3.52. The molecule has 2 heterocycles. The molecule has 1 atom stereocenters. The second kappa shape index (κ2) is 6.09. The number of rotatable bonds is 6. The standard InChI is InChI=1S/C13H18N2O3S2/c1-9-7-13(19-12(9)8-14-3)20(16,17)15-10(2)11-5-4-6-18-11/h4-7,10,14-15H,8H2,1-3H3.